The SMILES string of the molecule is CCC(NC1C(NC(=O)OC(C)(C)C)C2CCCOC21)C(C)C. The number of nitrogens with one attached hydrogen (secondary N) is 2. The monoisotopic (exact) mass is 326 g/mol. The number of carbonyl (C=O) groups is 1. The van der Waals surface area contributed by atoms with E-state index in [0.717, 1.165) is 25.9 Å². The van der Waals surface area contributed by atoms with Crippen molar-refractivity contribution in [2.45, 2.75) is 90.6 Å². The molecule has 0 aromatic rings. The molecule has 5 heteroatoms. The highest BCUT2D eigenvalue weighted by atomic mass is 16.6. The number of carbonyl (C=O) groups excluding carboxylic acids is 1. The maximum Gasteiger partial charge on any atom is 0.407 e. The summed E-state index contributed by atoms with van der Waals surface area (Å²) in [7, 11) is 0. The predicted octanol–water partition coefficient (Wildman–Crippen LogP) is 3.08. The van der Waals surface area contributed by atoms with Crippen LogP contribution in [0.1, 0.15) is 60.8 Å². The van der Waals surface area contributed by atoms with Gasteiger partial charge < -0.3 is 20.1 Å². The minimum Gasteiger partial charge on any atom is -0.444 e. The van der Waals surface area contributed by atoms with Crippen LogP contribution in [-0.2, 0) is 9.47 Å². The Balaban J connectivity index is 2.00. The molecule has 1 saturated heterocycles. The van der Waals surface area contributed by atoms with Crippen molar-refractivity contribution in [2.75, 3.05) is 6.61 Å². The number of ether oxygens (including phenoxy) is 2. The van der Waals surface area contributed by atoms with Crippen molar-refractivity contribution >= 4 is 6.09 Å². The molecule has 0 bridgehead atoms. The normalized spacial score (nSPS) is 32.0. The number of alkyl carbamates (subject to hydrolysis) is 1. The van der Waals surface area contributed by atoms with Crippen molar-refractivity contribution < 1.29 is 14.3 Å². The van der Waals surface area contributed by atoms with E-state index in [1.54, 1.807) is 0 Å². The molecule has 2 N–H and O–H groups in total. The Kier molecular flexibility index (Phi) is 5.95. The first kappa shape index (κ1) is 18.5. The average Bonchev–Trinajstić information content (AvgIpc) is 2.43. The van der Waals surface area contributed by atoms with Gasteiger partial charge in [-0.25, -0.2) is 4.79 Å². The predicted molar refractivity (Wildman–Crippen MR) is 91.5 cm³/mol. The zero-order valence-electron chi connectivity index (χ0n) is 15.5. The molecule has 1 aliphatic heterocycles. The highest BCUT2D eigenvalue weighted by Crippen LogP contribution is 2.39. The summed E-state index contributed by atoms with van der Waals surface area (Å²) in [5.74, 6) is 0.961. The molecule has 0 aromatic carbocycles. The Bertz CT molecular complexity index is 406. The van der Waals surface area contributed by atoms with Crippen LogP contribution in [0.4, 0.5) is 4.79 Å². The first-order valence-corrected chi connectivity index (χ1v) is 9.10. The fourth-order valence-electron chi connectivity index (χ4n) is 3.77. The molecule has 1 aliphatic carbocycles. The summed E-state index contributed by atoms with van der Waals surface area (Å²) in [4.78, 5) is 12.2. The van der Waals surface area contributed by atoms with Crippen LogP contribution in [0, 0.1) is 11.8 Å². The van der Waals surface area contributed by atoms with Crippen LogP contribution in [0.25, 0.3) is 0 Å². The van der Waals surface area contributed by atoms with Crippen LogP contribution in [0.5, 0.6) is 0 Å². The van der Waals surface area contributed by atoms with Gasteiger partial charge in [-0.15, -0.1) is 0 Å². The van der Waals surface area contributed by atoms with Crippen LogP contribution in [0.15, 0.2) is 0 Å². The van der Waals surface area contributed by atoms with E-state index < -0.39 is 5.60 Å². The molecule has 5 unspecified atom stereocenters. The third kappa shape index (κ3) is 4.60. The largest absolute Gasteiger partial charge is 0.444 e. The van der Waals surface area contributed by atoms with Gasteiger partial charge in [0.2, 0.25) is 0 Å². The van der Waals surface area contributed by atoms with Crippen molar-refractivity contribution in [1.82, 2.24) is 10.6 Å². The third-order valence-electron chi connectivity index (χ3n) is 4.95. The molecule has 5 nitrogen and oxygen atoms in total. The second-order valence-electron chi connectivity index (χ2n) is 8.26. The van der Waals surface area contributed by atoms with Crippen molar-refractivity contribution in [3.8, 4) is 0 Å². The van der Waals surface area contributed by atoms with Gasteiger partial charge in [0.1, 0.15) is 5.60 Å². The smallest absolute Gasteiger partial charge is 0.407 e. The number of rotatable bonds is 5. The molecule has 5 atom stereocenters. The zero-order chi connectivity index (χ0) is 17.2. The number of fused-ring (bicyclic) bond motifs is 1. The van der Waals surface area contributed by atoms with Crippen LogP contribution < -0.4 is 10.6 Å². The average molecular weight is 326 g/mol. The summed E-state index contributed by atoms with van der Waals surface area (Å²) in [6, 6.07) is 0.720. The van der Waals surface area contributed by atoms with Gasteiger partial charge in [0, 0.05) is 18.6 Å². The molecule has 0 spiro atoms. The van der Waals surface area contributed by atoms with E-state index in [2.05, 4.69) is 31.4 Å². The molecule has 134 valence electrons. The molecule has 0 radical (unpaired) electrons. The summed E-state index contributed by atoms with van der Waals surface area (Å²) in [5.41, 5.74) is -0.469. The van der Waals surface area contributed by atoms with Gasteiger partial charge in [-0.2, -0.15) is 0 Å². The number of hydrogen-bond donors (Lipinski definition) is 2. The summed E-state index contributed by atoms with van der Waals surface area (Å²) in [6.45, 7) is 13.2. The Hall–Kier alpha value is -0.810. The van der Waals surface area contributed by atoms with Crippen molar-refractivity contribution in [1.29, 1.82) is 0 Å². The first-order chi connectivity index (χ1) is 10.7. The summed E-state index contributed by atoms with van der Waals surface area (Å²) < 4.78 is 11.4. The van der Waals surface area contributed by atoms with E-state index in [-0.39, 0.29) is 24.3 Å². The Labute approximate surface area is 140 Å². The molecule has 0 aromatic heterocycles. The van der Waals surface area contributed by atoms with E-state index in [1.807, 2.05) is 20.8 Å². The van der Waals surface area contributed by atoms with Gasteiger partial charge in [0.15, 0.2) is 0 Å². The second kappa shape index (κ2) is 7.39. The fraction of sp³-hybridized carbons (Fsp3) is 0.944. The minimum absolute atomic E-state index is 0.1000. The van der Waals surface area contributed by atoms with E-state index in [1.165, 1.54) is 0 Å². The Morgan fingerprint density at radius 3 is 2.57 bits per heavy atom. The van der Waals surface area contributed by atoms with Gasteiger partial charge in [0.25, 0.3) is 0 Å². The molecule has 1 saturated carbocycles. The van der Waals surface area contributed by atoms with Crippen molar-refractivity contribution in [3.05, 3.63) is 0 Å². The second-order valence-corrected chi connectivity index (χ2v) is 8.26. The number of amides is 1. The van der Waals surface area contributed by atoms with E-state index >= 15 is 0 Å². The summed E-state index contributed by atoms with van der Waals surface area (Å²) in [6.07, 6.45) is 3.15. The molecule has 2 aliphatic rings. The maximum atomic E-state index is 12.2. The molecular formula is C18H34N2O3. The van der Waals surface area contributed by atoms with E-state index in [0.29, 0.717) is 17.9 Å². The Morgan fingerprint density at radius 1 is 1.30 bits per heavy atom. The standard InChI is InChI=1S/C18H34N2O3/c1-7-13(11(2)3)19-15-14(12-9-8-10-22-16(12)15)20-17(21)23-18(4,5)6/h11-16,19H,7-10H2,1-6H3,(H,20,21). The lowest BCUT2D eigenvalue weighted by Crippen LogP contribution is -2.74. The fourth-order valence-corrected chi connectivity index (χ4v) is 3.77. The molecule has 1 amide bonds. The van der Waals surface area contributed by atoms with Crippen LogP contribution >= 0.6 is 0 Å². The minimum atomic E-state index is -0.469. The highest BCUT2D eigenvalue weighted by Gasteiger charge is 2.53. The topological polar surface area (TPSA) is 59.6 Å². The van der Waals surface area contributed by atoms with E-state index in [9.17, 15) is 4.79 Å². The third-order valence-corrected chi connectivity index (χ3v) is 4.95. The van der Waals surface area contributed by atoms with Gasteiger partial charge in [0.05, 0.1) is 18.2 Å². The first-order valence-electron chi connectivity index (χ1n) is 9.10. The molecule has 1 heterocycles. The van der Waals surface area contributed by atoms with Crippen molar-refractivity contribution in [2.24, 2.45) is 11.8 Å². The Morgan fingerprint density at radius 2 is 2.00 bits per heavy atom. The van der Waals surface area contributed by atoms with Gasteiger partial charge in [-0.1, -0.05) is 20.8 Å². The highest BCUT2D eigenvalue weighted by molar-refractivity contribution is 5.68. The van der Waals surface area contributed by atoms with E-state index in [4.69, 9.17) is 9.47 Å². The summed E-state index contributed by atoms with van der Waals surface area (Å²) >= 11 is 0. The lowest BCUT2D eigenvalue weighted by molar-refractivity contribution is -0.131. The quantitative estimate of drug-likeness (QED) is 0.815. The van der Waals surface area contributed by atoms with Gasteiger partial charge in [-0.3, -0.25) is 0 Å². The molecule has 2 fully saturated rings. The summed E-state index contributed by atoms with van der Waals surface area (Å²) in [5, 5.41) is 6.81. The molecule has 2 rings (SSSR count). The maximum absolute atomic E-state index is 12.2. The zero-order valence-corrected chi connectivity index (χ0v) is 15.5. The van der Waals surface area contributed by atoms with Crippen LogP contribution in [0.2, 0.25) is 0 Å². The van der Waals surface area contributed by atoms with Crippen LogP contribution in [-0.4, -0.2) is 42.5 Å². The lowest BCUT2D eigenvalue weighted by atomic mass is 9.67. The number of hydrogen-bond acceptors (Lipinski definition) is 4. The van der Waals surface area contributed by atoms with Gasteiger partial charge >= 0.3 is 6.09 Å². The molecule has 23 heavy (non-hydrogen) atoms. The molecular weight excluding hydrogens is 292 g/mol. The lowest BCUT2D eigenvalue weighted by Gasteiger charge is -2.55. The van der Waals surface area contributed by atoms with Crippen molar-refractivity contribution in [3.63, 3.8) is 0 Å². The van der Waals surface area contributed by atoms with Crippen LogP contribution in [0.3, 0.4) is 0 Å². The van der Waals surface area contributed by atoms with Gasteiger partial charge in [-0.05, 0) is 46.0 Å².